The summed E-state index contributed by atoms with van der Waals surface area (Å²) in [7, 11) is 0. The van der Waals surface area contributed by atoms with E-state index in [2.05, 4.69) is 224 Å². The van der Waals surface area contributed by atoms with E-state index < -0.39 is 0 Å². The summed E-state index contributed by atoms with van der Waals surface area (Å²) in [5.74, 6) is 0.954. The third-order valence-electron chi connectivity index (χ3n) is 13.1. The standard InChI is InChI=1S/C60H50O/c1-7-10-32-55-38(4)56-58-57(51-29-19-20-30-52(51)59(56)61-55)53-37-40(33-36-54(53)60(58,5)6)44-34-35-50(49-28-18-17-27-47(44)49)46-26-14-12-11-13-25-45(41(8-2)42(46)9-3)48-31-21-23-39-22-15-16-24-43(39)48/h8-37H,7H2,1-6H3/b13-11?,14-12?,32-10-,41-8+,42-9+,45-25?,46-26?. The van der Waals surface area contributed by atoms with Gasteiger partial charge in [-0.1, -0.05) is 191 Å². The Balaban J connectivity index is 1.21. The van der Waals surface area contributed by atoms with E-state index in [0.717, 1.165) is 17.8 Å². The molecule has 0 atom stereocenters. The molecule has 0 aliphatic heterocycles. The van der Waals surface area contributed by atoms with Crippen LogP contribution in [0.4, 0.5) is 0 Å². The molecule has 0 bridgehead atoms. The summed E-state index contributed by atoms with van der Waals surface area (Å²) in [6.07, 6.45) is 9.88. The fraction of sp³-hybridized carbons (Fsp3) is 0.133. The molecule has 0 fully saturated rings. The van der Waals surface area contributed by atoms with E-state index in [1.54, 1.807) is 0 Å². The van der Waals surface area contributed by atoms with Gasteiger partial charge in [0, 0.05) is 21.8 Å². The van der Waals surface area contributed by atoms with Crippen molar-refractivity contribution in [1.82, 2.24) is 0 Å². The first kappa shape index (κ1) is 38.3. The lowest BCUT2D eigenvalue weighted by molar-refractivity contribution is 0.603. The molecule has 296 valence electrons. The predicted octanol–water partition coefficient (Wildman–Crippen LogP) is 15.7. The van der Waals surface area contributed by atoms with Crippen LogP contribution in [0.1, 0.15) is 63.5 Å². The number of benzene rings is 7. The van der Waals surface area contributed by atoms with E-state index >= 15 is 0 Å². The average Bonchev–Trinajstić information content (AvgIpc) is 3.74. The van der Waals surface area contributed by atoms with Crippen LogP contribution in [-0.2, 0) is 5.41 Å². The highest BCUT2D eigenvalue weighted by Gasteiger charge is 2.40. The number of hydrogen-bond acceptors (Lipinski definition) is 1. The molecule has 0 saturated heterocycles. The summed E-state index contributed by atoms with van der Waals surface area (Å²) in [6, 6.07) is 58.2. The summed E-state index contributed by atoms with van der Waals surface area (Å²) < 4.78 is 6.73. The maximum absolute atomic E-state index is 6.73. The van der Waals surface area contributed by atoms with Gasteiger partial charge < -0.3 is 4.42 Å². The minimum atomic E-state index is -0.213. The fourth-order valence-electron chi connectivity index (χ4n) is 10.3. The lowest BCUT2D eigenvalue weighted by Crippen LogP contribution is -2.27. The molecule has 8 aromatic carbocycles. The Bertz CT molecular complexity index is 3460. The van der Waals surface area contributed by atoms with Gasteiger partial charge in [-0.2, -0.15) is 0 Å². The zero-order valence-electron chi connectivity index (χ0n) is 35.9. The van der Waals surface area contributed by atoms with E-state index in [0.29, 0.717) is 0 Å². The first-order chi connectivity index (χ1) is 29.8. The molecule has 1 heteroatoms. The summed E-state index contributed by atoms with van der Waals surface area (Å²) in [5, 5.41) is 11.0. The molecular formula is C60H50O. The minimum Gasteiger partial charge on any atom is -0.456 e. The molecular weight excluding hydrogens is 737 g/mol. The number of fused-ring (bicyclic) bond motifs is 10. The second kappa shape index (κ2) is 15.3. The van der Waals surface area contributed by atoms with E-state index in [-0.39, 0.29) is 5.41 Å². The molecule has 0 N–H and O–H groups in total. The lowest BCUT2D eigenvalue weighted by atomic mass is 9.79. The molecule has 1 aliphatic rings. The Kier molecular flexibility index (Phi) is 9.57. The molecule has 10 rings (SSSR count). The van der Waals surface area contributed by atoms with E-state index in [1.165, 1.54) is 109 Å². The quantitative estimate of drug-likeness (QED) is 0.169. The number of rotatable bonds is 5. The van der Waals surface area contributed by atoms with Gasteiger partial charge >= 0.3 is 0 Å². The van der Waals surface area contributed by atoms with Crippen LogP contribution < -0.4 is 10.4 Å². The predicted molar refractivity (Wildman–Crippen MR) is 264 cm³/mol. The smallest absolute Gasteiger partial charge is 0.143 e. The van der Waals surface area contributed by atoms with Gasteiger partial charge in [0.2, 0.25) is 0 Å². The van der Waals surface area contributed by atoms with Gasteiger partial charge in [-0.3, -0.25) is 0 Å². The topological polar surface area (TPSA) is 13.1 Å². The first-order valence-corrected chi connectivity index (χ1v) is 21.7. The van der Waals surface area contributed by atoms with Crippen molar-refractivity contribution in [1.29, 1.82) is 0 Å². The van der Waals surface area contributed by atoms with Gasteiger partial charge in [0.1, 0.15) is 11.3 Å². The van der Waals surface area contributed by atoms with Crippen LogP contribution >= 0.6 is 0 Å². The molecule has 1 aromatic heterocycles. The minimum absolute atomic E-state index is 0.213. The van der Waals surface area contributed by atoms with Crippen molar-refractivity contribution in [3.8, 4) is 44.5 Å². The first-order valence-electron chi connectivity index (χ1n) is 21.7. The van der Waals surface area contributed by atoms with Crippen LogP contribution in [0.5, 0.6) is 0 Å². The van der Waals surface area contributed by atoms with Crippen LogP contribution in [0, 0.1) is 6.92 Å². The van der Waals surface area contributed by atoms with Gasteiger partial charge in [-0.05, 0) is 132 Å². The van der Waals surface area contributed by atoms with Gasteiger partial charge in [-0.25, -0.2) is 0 Å². The van der Waals surface area contributed by atoms with Crippen LogP contribution in [0.15, 0.2) is 168 Å². The van der Waals surface area contributed by atoms with Crippen LogP contribution in [0.25, 0.3) is 106 Å². The number of furan rings is 1. The largest absolute Gasteiger partial charge is 0.456 e. The molecule has 0 spiro atoms. The molecule has 0 amide bonds. The highest BCUT2D eigenvalue weighted by atomic mass is 16.3. The Morgan fingerprint density at radius 3 is 1.77 bits per heavy atom. The van der Waals surface area contributed by atoms with Crippen molar-refractivity contribution in [3.05, 3.63) is 197 Å². The van der Waals surface area contributed by atoms with Gasteiger partial charge in [0.05, 0.1) is 0 Å². The Hall–Kier alpha value is -6.96. The Morgan fingerprint density at radius 2 is 1.08 bits per heavy atom. The Labute approximate surface area is 359 Å². The fourth-order valence-corrected chi connectivity index (χ4v) is 10.3. The number of allylic oxidation sites excluding steroid dienone is 1. The molecule has 0 unspecified atom stereocenters. The summed E-state index contributed by atoms with van der Waals surface area (Å²) in [6.45, 7) is 13.5. The maximum Gasteiger partial charge on any atom is 0.143 e. The Morgan fingerprint density at radius 1 is 0.525 bits per heavy atom. The molecule has 9 aromatic rings. The third kappa shape index (κ3) is 6.06. The molecule has 0 radical (unpaired) electrons. The van der Waals surface area contributed by atoms with Crippen molar-refractivity contribution >= 4 is 61.5 Å². The maximum atomic E-state index is 6.73. The van der Waals surface area contributed by atoms with Crippen molar-refractivity contribution in [2.24, 2.45) is 0 Å². The molecule has 61 heavy (non-hydrogen) atoms. The van der Waals surface area contributed by atoms with Crippen LogP contribution in [0.2, 0.25) is 0 Å². The zero-order valence-corrected chi connectivity index (χ0v) is 35.9. The van der Waals surface area contributed by atoms with E-state index in [1.807, 2.05) is 0 Å². The van der Waals surface area contributed by atoms with Crippen molar-refractivity contribution < 1.29 is 4.42 Å². The third-order valence-corrected chi connectivity index (χ3v) is 13.1. The van der Waals surface area contributed by atoms with Gasteiger partial charge in [0.15, 0.2) is 0 Å². The summed E-state index contributed by atoms with van der Waals surface area (Å²) >= 11 is 0. The van der Waals surface area contributed by atoms with E-state index in [9.17, 15) is 0 Å². The van der Waals surface area contributed by atoms with Crippen LogP contribution in [0.3, 0.4) is 0 Å². The molecule has 1 nitrogen and oxygen atoms in total. The zero-order chi connectivity index (χ0) is 41.8. The summed E-state index contributed by atoms with van der Waals surface area (Å²) in [5.41, 5.74) is 14.6. The average molecular weight is 787 g/mol. The van der Waals surface area contributed by atoms with Crippen molar-refractivity contribution in [2.45, 2.75) is 53.4 Å². The second-order valence-electron chi connectivity index (χ2n) is 16.9. The van der Waals surface area contributed by atoms with Crippen molar-refractivity contribution in [2.75, 3.05) is 0 Å². The number of hydrogen-bond donors (Lipinski definition) is 0. The van der Waals surface area contributed by atoms with Crippen molar-refractivity contribution in [3.63, 3.8) is 0 Å². The SMILES string of the molecule is C/C=c1/c(-c2cccc3ccccc23)ccccccc(-c2ccc(-c3ccc4c(c3)-c3c(c5c(C)c(/C=C\CC)oc5c5ccccc35)C4(C)C)c3ccccc23)/c1=C/C. The normalized spacial score (nSPS) is 13.7. The van der Waals surface area contributed by atoms with Gasteiger partial charge in [-0.15, -0.1) is 0 Å². The van der Waals surface area contributed by atoms with Gasteiger partial charge in [0.25, 0.3) is 0 Å². The van der Waals surface area contributed by atoms with Crippen LogP contribution in [-0.4, -0.2) is 0 Å². The molecule has 1 aliphatic carbocycles. The summed E-state index contributed by atoms with van der Waals surface area (Å²) in [4.78, 5) is 0. The van der Waals surface area contributed by atoms with E-state index in [4.69, 9.17) is 4.42 Å². The monoisotopic (exact) mass is 786 g/mol. The molecule has 1 heterocycles. The highest BCUT2D eigenvalue weighted by Crippen LogP contribution is 2.56. The second-order valence-corrected chi connectivity index (χ2v) is 16.9. The molecule has 0 saturated carbocycles. The lowest BCUT2D eigenvalue weighted by Gasteiger charge is -2.23. The number of aryl methyl sites for hydroxylation is 1. The highest BCUT2D eigenvalue weighted by molar-refractivity contribution is 6.18.